The van der Waals surface area contributed by atoms with Crippen LogP contribution in [0, 0.1) is 0 Å². The van der Waals surface area contributed by atoms with Crippen molar-refractivity contribution in [2.24, 2.45) is 0 Å². The number of benzene rings is 3. The molecular weight excluding hydrogens is 723 g/mol. The van der Waals surface area contributed by atoms with Crippen LogP contribution >= 0.6 is 7.60 Å². The minimum atomic E-state index is -4.33. The smallest absolute Gasteiger partial charge is 0.370 e. The van der Waals surface area contributed by atoms with Crippen LogP contribution in [0.1, 0.15) is 51.8 Å². The highest BCUT2D eigenvalue weighted by molar-refractivity contribution is 7.60. The van der Waals surface area contributed by atoms with Gasteiger partial charge >= 0.3 is 37.5 Å². The molecule has 2 heterocycles. The van der Waals surface area contributed by atoms with Gasteiger partial charge in [-0.1, -0.05) is 54.6 Å². The van der Waals surface area contributed by atoms with E-state index in [-0.39, 0.29) is 22.4 Å². The van der Waals surface area contributed by atoms with Crippen molar-refractivity contribution in [3.63, 3.8) is 0 Å². The average molecular weight is 763 g/mol. The second-order valence-electron chi connectivity index (χ2n) is 12.8. The van der Waals surface area contributed by atoms with Crippen LogP contribution in [0.2, 0.25) is 0 Å². The Kier molecular flexibility index (Phi) is 12.5. The van der Waals surface area contributed by atoms with Crippen LogP contribution in [0.15, 0.2) is 114 Å². The molecule has 284 valence electrons. The minimum Gasteiger partial charge on any atom is -0.459 e. The van der Waals surface area contributed by atoms with Gasteiger partial charge in [0, 0.05) is 20.4 Å². The van der Waals surface area contributed by atoms with E-state index >= 15 is 0 Å². The summed E-state index contributed by atoms with van der Waals surface area (Å²) in [5.74, 6) is -3.45. The van der Waals surface area contributed by atoms with Gasteiger partial charge in [0.1, 0.15) is 18.3 Å². The SMILES string of the molecule is COP(=O)(OC)/C(C(=O)OC(C)(C)C)=C1\C=CN([C@@H]2O[C@H](COC(=O)c3ccccc3)[C@@H](OC(=O)c3ccccc3)[C@H]2OC(=O)c2ccccc2)C(=O)N1. The number of hydrogen-bond acceptors (Lipinski definition) is 13. The van der Waals surface area contributed by atoms with Crippen molar-refractivity contribution in [3.8, 4) is 0 Å². The zero-order chi connectivity index (χ0) is 39.0. The topological polar surface area (TPSA) is 182 Å². The van der Waals surface area contributed by atoms with E-state index in [2.05, 4.69) is 5.32 Å². The van der Waals surface area contributed by atoms with Gasteiger partial charge in [-0.15, -0.1) is 0 Å². The number of hydrogen-bond donors (Lipinski definition) is 1. The average Bonchev–Trinajstić information content (AvgIpc) is 3.49. The molecule has 4 atom stereocenters. The van der Waals surface area contributed by atoms with Crippen molar-refractivity contribution < 1.29 is 61.3 Å². The first-order valence-electron chi connectivity index (χ1n) is 16.6. The van der Waals surface area contributed by atoms with Crippen molar-refractivity contribution in [1.82, 2.24) is 10.2 Å². The molecule has 0 unspecified atom stereocenters. The third-order valence-electron chi connectivity index (χ3n) is 7.93. The number of allylic oxidation sites excluding steroid dienone is 1. The van der Waals surface area contributed by atoms with Crippen LogP contribution < -0.4 is 5.32 Å². The molecule has 2 aliphatic rings. The fourth-order valence-corrected chi connectivity index (χ4v) is 6.63. The lowest BCUT2D eigenvalue weighted by atomic mass is 10.1. The second kappa shape index (κ2) is 17.0. The highest BCUT2D eigenvalue weighted by atomic mass is 31.2. The Bertz CT molecular complexity index is 1950. The summed E-state index contributed by atoms with van der Waals surface area (Å²) in [6.45, 7) is 4.29. The molecule has 0 radical (unpaired) electrons. The molecule has 15 nitrogen and oxygen atoms in total. The lowest BCUT2D eigenvalue weighted by molar-refractivity contribution is -0.149. The third-order valence-corrected chi connectivity index (χ3v) is 9.87. The zero-order valence-corrected chi connectivity index (χ0v) is 30.9. The van der Waals surface area contributed by atoms with Crippen molar-refractivity contribution in [2.45, 2.75) is 50.9 Å². The maximum atomic E-state index is 13.9. The minimum absolute atomic E-state index is 0.143. The number of urea groups is 1. The molecule has 54 heavy (non-hydrogen) atoms. The molecule has 3 aromatic rings. The van der Waals surface area contributed by atoms with Crippen molar-refractivity contribution in [3.05, 3.63) is 131 Å². The van der Waals surface area contributed by atoms with Crippen LogP contribution in [-0.2, 0) is 42.1 Å². The van der Waals surface area contributed by atoms with Gasteiger partial charge in [-0.2, -0.15) is 0 Å². The molecule has 1 N–H and O–H groups in total. The number of nitrogens with zero attached hydrogens (tertiary/aromatic N) is 1. The molecule has 16 heteroatoms. The Labute approximate surface area is 311 Å². The lowest BCUT2D eigenvalue weighted by Crippen LogP contribution is -2.52. The Morgan fingerprint density at radius 1 is 0.759 bits per heavy atom. The molecule has 1 fully saturated rings. The summed E-state index contributed by atoms with van der Waals surface area (Å²) in [6.07, 6.45) is -3.33. The fraction of sp³-hybridized carbons (Fsp3) is 0.289. The number of carbonyl (C=O) groups excluding carboxylic acids is 5. The number of esters is 4. The summed E-state index contributed by atoms with van der Waals surface area (Å²) in [6, 6.07) is 23.1. The van der Waals surface area contributed by atoms with E-state index in [1.165, 1.54) is 36.5 Å². The first-order valence-corrected chi connectivity index (χ1v) is 18.2. The number of ether oxygens (including phenoxy) is 5. The molecular formula is C38H39N2O13P. The zero-order valence-electron chi connectivity index (χ0n) is 30.0. The number of carbonyl (C=O) groups is 5. The second-order valence-corrected chi connectivity index (χ2v) is 15.0. The molecule has 0 aliphatic carbocycles. The largest absolute Gasteiger partial charge is 0.459 e. The summed E-state index contributed by atoms with van der Waals surface area (Å²) in [5, 5.41) is 1.90. The number of nitrogens with one attached hydrogen (secondary N) is 1. The standard InChI is InChI=1S/C38H39N2O13P/c1-38(2,3)53-36(44)31(54(46,47-4)48-5)27-21-22-40(37(45)39-27)32-30(52-35(43)26-19-13-8-14-20-26)29(51-34(42)25-17-11-7-12-18-25)28(50-32)23-49-33(41)24-15-9-6-10-16-24/h6-22,28-30,32H,23H2,1-5H3,(H,39,45)/b31-27+/t28-,29-,30-,32-/m1/s1. The van der Waals surface area contributed by atoms with E-state index in [9.17, 15) is 28.5 Å². The summed E-state index contributed by atoms with van der Waals surface area (Å²) in [4.78, 5) is 68.1. The Balaban J connectivity index is 1.55. The molecule has 2 amide bonds. The van der Waals surface area contributed by atoms with E-state index in [4.69, 9.17) is 32.7 Å². The van der Waals surface area contributed by atoms with E-state index in [1.54, 1.807) is 87.5 Å². The van der Waals surface area contributed by atoms with Crippen LogP contribution in [0.5, 0.6) is 0 Å². The van der Waals surface area contributed by atoms with Gasteiger partial charge in [-0.3, -0.25) is 9.46 Å². The predicted molar refractivity (Wildman–Crippen MR) is 191 cm³/mol. The number of amides is 2. The van der Waals surface area contributed by atoms with E-state index in [0.29, 0.717) is 0 Å². The van der Waals surface area contributed by atoms with Gasteiger partial charge in [0.15, 0.2) is 23.8 Å². The maximum absolute atomic E-state index is 13.9. The molecule has 0 saturated carbocycles. The van der Waals surface area contributed by atoms with Crippen molar-refractivity contribution in [1.29, 1.82) is 0 Å². The van der Waals surface area contributed by atoms with E-state index < -0.39 is 79.6 Å². The van der Waals surface area contributed by atoms with Gasteiger partial charge < -0.3 is 38.0 Å². The molecule has 0 spiro atoms. The summed E-state index contributed by atoms with van der Waals surface area (Å²) in [5.41, 5.74) is -0.755. The van der Waals surface area contributed by atoms with Gasteiger partial charge in [0.05, 0.1) is 22.4 Å². The first-order chi connectivity index (χ1) is 25.7. The van der Waals surface area contributed by atoms with Crippen LogP contribution in [0.3, 0.4) is 0 Å². The van der Waals surface area contributed by atoms with Gasteiger partial charge in [0.2, 0.25) is 0 Å². The predicted octanol–water partition coefficient (Wildman–Crippen LogP) is 5.60. The molecule has 0 aromatic heterocycles. The van der Waals surface area contributed by atoms with Crippen LogP contribution in [0.4, 0.5) is 4.79 Å². The fourth-order valence-electron chi connectivity index (χ4n) is 5.42. The van der Waals surface area contributed by atoms with E-state index in [0.717, 1.165) is 19.1 Å². The van der Waals surface area contributed by atoms with Crippen molar-refractivity contribution >= 4 is 37.5 Å². The Morgan fingerprint density at radius 3 is 1.70 bits per heavy atom. The molecule has 1 saturated heterocycles. The van der Waals surface area contributed by atoms with Gasteiger partial charge in [-0.25, -0.2) is 24.0 Å². The summed E-state index contributed by atoms with van der Waals surface area (Å²) in [7, 11) is -2.20. The van der Waals surface area contributed by atoms with Crippen LogP contribution in [-0.4, -0.2) is 85.8 Å². The molecule has 2 aliphatic heterocycles. The third kappa shape index (κ3) is 9.30. The summed E-state index contributed by atoms with van der Waals surface area (Å²) >= 11 is 0. The number of rotatable bonds is 12. The van der Waals surface area contributed by atoms with Crippen molar-refractivity contribution in [2.75, 3.05) is 20.8 Å². The van der Waals surface area contributed by atoms with Crippen LogP contribution in [0.25, 0.3) is 0 Å². The highest BCUT2D eigenvalue weighted by Gasteiger charge is 2.54. The van der Waals surface area contributed by atoms with Gasteiger partial charge in [0.25, 0.3) is 0 Å². The quantitative estimate of drug-likeness (QED) is 0.104. The first kappa shape index (κ1) is 39.6. The highest BCUT2D eigenvalue weighted by Crippen LogP contribution is 2.56. The Morgan fingerprint density at radius 2 is 1.24 bits per heavy atom. The normalized spacial score (nSPS) is 20.8. The molecule has 3 aromatic carbocycles. The summed E-state index contributed by atoms with van der Waals surface area (Å²) < 4.78 is 52.9. The van der Waals surface area contributed by atoms with E-state index in [1.807, 2.05) is 0 Å². The lowest BCUT2D eigenvalue weighted by Gasteiger charge is -2.33. The maximum Gasteiger partial charge on any atom is 0.370 e. The van der Waals surface area contributed by atoms with Gasteiger partial charge in [-0.05, 0) is 63.2 Å². The Hall–Kier alpha value is -5.60. The molecule has 5 rings (SSSR count). The monoisotopic (exact) mass is 762 g/mol. The molecule has 0 bridgehead atoms.